The molecule has 1 amide bonds. The summed E-state index contributed by atoms with van der Waals surface area (Å²) in [5.41, 5.74) is 0. The average Bonchev–Trinajstić information content (AvgIpc) is 2.30. The Labute approximate surface area is 123 Å². The number of carbonyl (C=O) groups is 1. The normalized spacial score (nSPS) is 14.6. The monoisotopic (exact) mass is 306 g/mol. The minimum Gasteiger partial charge on any atom is -0.778 e. The highest BCUT2D eigenvalue weighted by atomic mass is 31.2. The molecule has 0 aromatic carbocycles. The predicted octanol–water partition coefficient (Wildman–Crippen LogP) is 2.54. The Morgan fingerprint density at radius 2 is 1.75 bits per heavy atom. The number of hydrogen-bond donors (Lipinski definition) is 1. The molecule has 0 rings (SSSR count). The van der Waals surface area contributed by atoms with Gasteiger partial charge >= 0.3 is 0 Å². The van der Waals surface area contributed by atoms with Gasteiger partial charge in [0.1, 0.15) is 7.60 Å². The summed E-state index contributed by atoms with van der Waals surface area (Å²) < 4.78 is 16.4. The van der Waals surface area contributed by atoms with Gasteiger partial charge in [-0.15, -0.1) is 0 Å². The van der Waals surface area contributed by atoms with Crippen LogP contribution in [0.4, 0.5) is 0 Å². The van der Waals surface area contributed by atoms with Crippen molar-refractivity contribution in [3.63, 3.8) is 0 Å². The molecule has 0 radical (unpaired) electrons. The molecule has 0 aromatic rings. The lowest BCUT2D eigenvalue weighted by molar-refractivity contribution is -0.199. The van der Waals surface area contributed by atoms with Crippen LogP contribution in [0, 0.1) is 11.8 Å². The van der Waals surface area contributed by atoms with Crippen LogP contribution in [0.3, 0.4) is 0 Å². The van der Waals surface area contributed by atoms with Crippen molar-refractivity contribution in [1.82, 2.24) is 5.32 Å². The number of carbonyl (C=O) groups excluding carboxylic acids is 1. The van der Waals surface area contributed by atoms with Crippen molar-refractivity contribution in [3.8, 4) is 0 Å². The molecule has 0 saturated carbocycles. The lowest BCUT2D eigenvalue weighted by Crippen LogP contribution is -2.28. The number of hydrogen-bond acceptors (Lipinski definition) is 4. The third kappa shape index (κ3) is 11.4. The maximum Gasteiger partial charge on any atom is 0.222 e. The van der Waals surface area contributed by atoms with E-state index in [2.05, 4.69) is 5.32 Å². The van der Waals surface area contributed by atoms with Gasteiger partial charge in [0.15, 0.2) is 0 Å². The first-order chi connectivity index (χ1) is 9.24. The second-order valence-corrected chi connectivity index (χ2v) is 7.73. The van der Waals surface area contributed by atoms with E-state index in [-0.39, 0.29) is 30.5 Å². The molecule has 0 aliphatic rings. The van der Waals surface area contributed by atoms with Crippen molar-refractivity contribution in [2.24, 2.45) is 11.8 Å². The summed E-state index contributed by atoms with van der Waals surface area (Å²) in [5.74, 6) is 0.202. The smallest absolute Gasteiger partial charge is 0.222 e. The maximum atomic E-state index is 11.5. The SMILES string of the molecule is CC(C)CP(=O)([O-])OCCCCCCNC(=O)C(C)C. The zero-order chi connectivity index (χ0) is 15.6. The third-order valence-corrected chi connectivity index (χ3v) is 4.52. The molecule has 0 aliphatic carbocycles. The molecular formula is C14H29NO4P-. The van der Waals surface area contributed by atoms with Crippen LogP contribution in [-0.2, 0) is 13.9 Å². The molecule has 5 nitrogen and oxygen atoms in total. The third-order valence-electron chi connectivity index (χ3n) is 2.77. The van der Waals surface area contributed by atoms with E-state index in [9.17, 15) is 14.3 Å². The predicted molar refractivity (Wildman–Crippen MR) is 79.6 cm³/mol. The van der Waals surface area contributed by atoms with Crippen LogP contribution in [0.2, 0.25) is 0 Å². The fourth-order valence-electron chi connectivity index (χ4n) is 1.70. The molecule has 120 valence electrons. The van der Waals surface area contributed by atoms with Crippen molar-refractivity contribution in [2.45, 2.75) is 53.4 Å². The molecule has 0 fully saturated rings. The zero-order valence-corrected chi connectivity index (χ0v) is 14.1. The van der Waals surface area contributed by atoms with Gasteiger partial charge in [0.2, 0.25) is 5.91 Å². The molecule has 0 bridgehead atoms. The maximum absolute atomic E-state index is 11.5. The van der Waals surface area contributed by atoms with E-state index in [0.29, 0.717) is 6.54 Å². The van der Waals surface area contributed by atoms with E-state index in [1.54, 1.807) is 0 Å². The quantitative estimate of drug-likeness (QED) is 0.470. The van der Waals surface area contributed by atoms with Crippen molar-refractivity contribution in [3.05, 3.63) is 0 Å². The van der Waals surface area contributed by atoms with Gasteiger partial charge in [0.25, 0.3) is 0 Å². The van der Waals surface area contributed by atoms with E-state index in [1.165, 1.54) is 0 Å². The molecule has 0 spiro atoms. The van der Waals surface area contributed by atoms with Gasteiger partial charge in [0.05, 0.1) is 6.61 Å². The standard InChI is InChI=1S/C14H30NO4P/c1-12(2)11-20(17,18)19-10-8-6-5-7-9-15-14(16)13(3)4/h12-13H,5-11H2,1-4H3,(H,15,16)(H,17,18)/p-1. The molecule has 1 unspecified atom stereocenters. The Balaban J connectivity index is 3.45. The van der Waals surface area contributed by atoms with Crippen LogP contribution in [0.25, 0.3) is 0 Å². The minimum absolute atomic E-state index is 0.0237. The van der Waals surface area contributed by atoms with Gasteiger partial charge in [0, 0.05) is 18.6 Å². The number of rotatable bonds is 11. The molecule has 1 N–H and O–H groups in total. The van der Waals surface area contributed by atoms with Gasteiger partial charge in [-0.05, 0) is 18.8 Å². The lowest BCUT2D eigenvalue weighted by atomic mass is 10.2. The van der Waals surface area contributed by atoms with Gasteiger partial charge in [-0.2, -0.15) is 0 Å². The Bertz CT molecular complexity index is 318. The number of nitrogens with one attached hydrogen (secondary N) is 1. The molecule has 0 aliphatic heterocycles. The number of amides is 1. The Morgan fingerprint density at radius 3 is 2.30 bits per heavy atom. The molecular weight excluding hydrogens is 277 g/mol. The van der Waals surface area contributed by atoms with Gasteiger partial charge in [-0.3, -0.25) is 4.79 Å². The van der Waals surface area contributed by atoms with Crippen molar-refractivity contribution in [1.29, 1.82) is 0 Å². The molecule has 0 heterocycles. The Morgan fingerprint density at radius 1 is 1.15 bits per heavy atom. The summed E-state index contributed by atoms with van der Waals surface area (Å²) in [6.45, 7) is 8.41. The lowest BCUT2D eigenvalue weighted by Gasteiger charge is -2.24. The van der Waals surface area contributed by atoms with Crippen LogP contribution in [-0.4, -0.2) is 25.2 Å². The first-order valence-corrected chi connectivity index (χ1v) is 9.19. The summed E-state index contributed by atoms with van der Waals surface area (Å²) >= 11 is 0. The molecule has 1 atom stereocenters. The summed E-state index contributed by atoms with van der Waals surface area (Å²) in [5, 5.41) is 2.85. The minimum atomic E-state index is -3.64. The highest BCUT2D eigenvalue weighted by Crippen LogP contribution is 2.38. The second-order valence-electron chi connectivity index (χ2n) is 5.88. The van der Waals surface area contributed by atoms with E-state index in [4.69, 9.17) is 4.52 Å². The first kappa shape index (κ1) is 19.6. The largest absolute Gasteiger partial charge is 0.778 e. The van der Waals surface area contributed by atoms with Gasteiger partial charge in [-0.1, -0.05) is 40.5 Å². The zero-order valence-electron chi connectivity index (χ0n) is 13.2. The number of unbranched alkanes of at least 4 members (excludes halogenated alkanes) is 3. The van der Waals surface area contributed by atoms with Crippen molar-refractivity contribution in [2.75, 3.05) is 19.3 Å². The van der Waals surface area contributed by atoms with E-state index in [1.807, 2.05) is 27.7 Å². The fraction of sp³-hybridized carbons (Fsp3) is 0.929. The van der Waals surface area contributed by atoms with E-state index < -0.39 is 7.60 Å². The van der Waals surface area contributed by atoms with Gasteiger partial charge in [-0.25, -0.2) is 0 Å². The summed E-state index contributed by atoms with van der Waals surface area (Å²) in [7, 11) is -3.64. The first-order valence-electron chi connectivity index (χ1n) is 7.47. The van der Waals surface area contributed by atoms with Gasteiger partial charge < -0.3 is 19.3 Å². The van der Waals surface area contributed by atoms with Crippen LogP contribution in [0.15, 0.2) is 0 Å². The Hall–Kier alpha value is -0.380. The van der Waals surface area contributed by atoms with Crippen LogP contribution >= 0.6 is 7.60 Å². The second kappa shape index (κ2) is 10.4. The topological polar surface area (TPSA) is 78.5 Å². The Kier molecular flexibility index (Phi) is 10.2. The molecule has 20 heavy (non-hydrogen) atoms. The molecule has 6 heteroatoms. The van der Waals surface area contributed by atoms with E-state index in [0.717, 1.165) is 25.7 Å². The molecule has 0 saturated heterocycles. The van der Waals surface area contributed by atoms with Crippen LogP contribution < -0.4 is 10.2 Å². The van der Waals surface area contributed by atoms with Crippen molar-refractivity contribution < 1.29 is 18.8 Å². The highest BCUT2D eigenvalue weighted by Gasteiger charge is 2.10. The van der Waals surface area contributed by atoms with Crippen LogP contribution in [0.5, 0.6) is 0 Å². The molecule has 0 aromatic heterocycles. The highest BCUT2D eigenvalue weighted by molar-refractivity contribution is 7.51. The summed E-state index contributed by atoms with van der Waals surface area (Å²) in [6.07, 6.45) is 3.64. The summed E-state index contributed by atoms with van der Waals surface area (Å²) in [6, 6.07) is 0. The van der Waals surface area contributed by atoms with Crippen molar-refractivity contribution >= 4 is 13.5 Å². The average molecular weight is 306 g/mol. The summed E-state index contributed by atoms with van der Waals surface area (Å²) in [4.78, 5) is 22.8. The van der Waals surface area contributed by atoms with Crippen LogP contribution in [0.1, 0.15) is 53.4 Å². The van der Waals surface area contributed by atoms with E-state index >= 15 is 0 Å². The fourth-order valence-corrected chi connectivity index (χ4v) is 3.11.